The van der Waals surface area contributed by atoms with Crippen molar-refractivity contribution >= 4 is 17.1 Å². The van der Waals surface area contributed by atoms with E-state index in [0.29, 0.717) is 12.5 Å². The molecule has 1 aromatic heterocycles. The lowest BCUT2D eigenvalue weighted by atomic mass is 10.1. The standard InChI is InChI=1S/C16H19NOS/c1-13(16-9-6-12-19-16)17(2)11-10-15(18)14-7-4-3-5-8-14/h3-9,12-13H,10-11H2,1-2H3. The Morgan fingerprint density at radius 3 is 2.58 bits per heavy atom. The highest BCUT2D eigenvalue weighted by molar-refractivity contribution is 7.10. The van der Waals surface area contributed by atoms with Crippen LogP contribution in [0.1, 0.15) is 34.6 Å². The second-order valence-corrected chi connectivity index (χ2v) is 5.69. The summed E-state index contributed by atoms with van der Waals surface area (Å²) in [5.41, 5.74) is 0.805. The maximum Gasteiger partial charge on any atom is 0.164 e. The van der Waals surface area contributed by atoms with Gasteiger partial charge in [-0.05, 0) is 25.4 Å². The van der Waals surface area contributed by atoms with Gasteiger partial charge >= 0.3 is 0 Å². The molecule has 0 aliphatic carbocycles. The maximum absolute atomic E-state index is 12.0. The summed E-state index contributed by atoms with van der Waals surface area (Å²) in [6.07, 6.45) is 0.566. The highest BCUT2D eigenvalue weighted by Gasteiger charge is 2.14. The molecule has 0 spiro atoms. The van der Waals surface area contributed by atoms with Crippen LogP contribution >= 0.6 is 11.3 Å². The van der Waals surface area contributed by atoms with E-state index in [-0.39, 0.29) is 5.78 Å². The largest absolute Gasteiger partial charge is 0.298 e. The molecule has 0 saturated carbocycles. The molecule has 0 N–H and O–H groups in total. The summed E-state index contributed by atoms with van der Waals surface area (Å²) >= 11 is 1.76. The molecule has 0 aliphatic heterocycles. The summed E-state index contributed by atoms with van der Waals surface area (Å²) in [7, 11) is 2.07. The average molecular weight is 273 g/mol. The Morgan fingerprint density at radius 2 is 1.95 bits per heavy atom. The maximum atomic E-state index is 12.0. The second-order valence-electron chi connectivity index (χ2n) is 4.71. The van der Waals surface area contributed by atoms with E-state index in [4.69, 9.17) is 0 Å². The monoisotopic (exact) mass is 273 g/mol. The first-order chi connectivity index (χ1) is 9.18. The third kappa shape index (κ3) is 3.75. The SMILES string of the molecule is CC(c1cccs1)N(C)CCC(=O)c1ccccc1. The Labute approximate surface area is 118 Å². The van der Waals surface area contributed by atoms with Crippen molar-refractivity contribution in [2.75, 3.05) is 13.6 Å². The Kier molecular flexibility index (Phi) is 4.88. The number of hydrogen-bond acceptors (Lipinski definition) is 3. The number of carbonyl (C=O) groups is 1. The zero-order chi connectivity index (χ0) is 13.7. The van der Waals surface area contributed by atoms with Gasteiger partial charge in [0.2, 0.25) is 0 Å². The molecule has 1 aromatic carbocycles. The fourth-order valence-electron chi connectivity index (χ4n) is 1.99. The van der Waals surface area contributed by atoms with Crippen LogP contribution in [0.15, 0.2) is 47.8 Å². The minimum absolute atomic E-state index is 0.214. The van der Waals surface area contributed by atoms with Crippen LogP contribution < -0.4 is 0 Å². The topological polar surface area (TPSA) is 20.3 Å². The number of hydrogen-bond donors (Lipinski definition) is 0. The number of benzene rings is 1. The number of nitrogens with zero attached hydrogens (tertiary/aromatic N) is 1. The predicted molar refractivity (Wildman–Crippen MR) is 80.8 cm³/mol. The molecule has 2 aromatic rings. The van der Waals surface area contributed by atoms with Crippen molar-refractivity contribution in [2.45, 2.75) is 19.4 Å². The zero-order valence-electron chi connectivity index (χ0n) is 11.4. The molecule has 1 atom stereocenters. The van der Waals surface area contributed by atoms with Gasteiger partial charge in [0.15, 0.2) is 5.78 Å². The van der Waals surface area contributed by atoms with Gasteiger partial charge in [-0.15, -0.1) is 11.3 Å². The van der Waals surface area contributed by atoms with Crippen molar-refractivity contribution < 1.29 is 4.79 Å². The Morgan fingerprint density at radius 1 is 1.21 bits per heavy atom. The van der Waals surface area contributed by atoms with E-state index < -0.39 is 0 Å². The van der Waals surface area contributed by atoms with E-state index in [2.05, 4.69) is 36.4 Å². The van der Waals surface area contributed by atoms with Crippen molar-refractivity contribution in [1.29, 1.82) is 0 Å². The summed E-state index contributed by atoms with van der Waals surface area (Å²) < 4.78 is 0. The Bertz CT molecular complexity index is 507. The fourth-order valence-corrected chi connectivity index (χ4v) is 2.83. The van der Waals surface area contributed by atoms with Crippen molar-refractivity contribution in [2.24, 2.45) is 0 Å². The minimum atomic E-state index is 0.214. The first-order valence-electron chi connectivity index (χ1n) is 6.50. The molecule has 0 aliphatic rings. The highest BCUT2D eigenvalue weighted by atomic mass is 32.1. The van der Waals surface area contributed by atoms with Gasteiger partial charge in [-0.1, -0.05) is 36.4 Å². The first-order valence-corrected chi connectivity index (χ1v) is 7.38. The van der Waals surface area contributed by atoms with E-state index in [0.717, 1.165) is 12.1 Å². The van der Waals surface area contributed by atoms with Crippen LogP contribution in [0.25, 0.3) is 0 Å². The number of thiophene rings is 1. The molecule has 100 valence electrons. The van der Waals surface area contributed by atoms with Crippen LogP contribution in [0.2, 0.25) is 0 Å². The molecule has 2 rings (SSSR count). The molecule has 19 heavy (non-hydrogen) atoms. The van der Waals surface area contributed by atoms with Crippen molar-refractivity contribution in [1.82, 2.24) is 4.90 Å². The van der Waals surface area contributed by atoms with Gasteiger partial charge in [-0.2, -0.15) is 0 Å². The molecule has 1 heterocycles. The first kappa shape index (κ1) is 14.0. The van der Waals surface area contributed by atoms with Gasteiger partial charge in [-0.25, -0.2) is 0 Å². The van der Waals surface area contributed by atoms with Crippen LogP contribution in [-0.2, 0) is 0 Å². The van der Waals surface area contributed by atoms with Crippen LogP contribution in [0.4, 0.5) is 0 Å². The third-order valence-corrected chi connectivity index (χ3v) is 4.45. The van der Waals surface area contributed by atoms with Gasteiger partial charge in [-0.3, -0.25) is 9.69 Å². The van der Waals surface area contributed by atoms with Crippen molar-refractivity contribution in [3.05, 3.63) is 58.3 Å². The van der Waals surface area contributed by atoms with E-state index in [9.17, 15) is 4.79 Å². The predicted octanol–water partition coefficient (Wildman–Crippen LogP) is 4.01. The number of Topliss-reactive ketones (excluding diaryl/α,β-unsaturated/α-hetero) is 1. The molecule has 1 unspecified atom stereocenters. The third-order valence-electron chi connectivity index (χ3n) is 3.40. The van der Waals surface area contributed by atoms with Gasteiger partial charge < -0.3 is 0 Å². The minimum Gasteiger partial charge on any atom is -0.298 e. The van der Waals surface area contributed by atoms with E-state index in [1.165, 1.54) is 4.88 Å². The highest BCUT2D eigenvalue weighted by Crippen LogP contribution is 2.23. The molecule has 0 saturated heterocycles. The molecular weight excluding hydrogens is 254 g/mol. The summed E-state index contributed by atoms with van der Waals surface area (Å²) in [6.45, 7) is 2.96. The fraction of sp³-hybridized carbons (Fsp3) is 0.312. The molecule has 0 radical (unpaired) electrons. The lowest BCUT2D eigenvalue weighted by molar-refractivity contribution is 0.0962. The van der Waals surface area contributed by atoms with E-state index in [1.54, 1.807) is 11.3 Å². The molecule has 0 fully saturated rings. The molecule has 0 amide bonds. The summed E-state index contributed by atoms with van der Waals surface area (Å²) in [5, 5.41) is 2.09. The van der Waals surface area contributed by atoms with E-state index >= 15 is 0 Å². The Balaban J connectivity index is 1.87. The van der Waals surface area contributed by atoms with Crippen LogP contribution in [0.3, 0.4) is 0 Å². The van der Waals surface area contributed by atoms with Gasteiger partial charge in [0.1, 0.15) is 0 Å². The number of rotatable bonds is 6. The van der Waals surface area contributed by atoms with Crippen LogP contribution in [0.5, 0.6) is 0 Å². The zero-order valence-corrected chi connectivity index (χ0v) is 12.2. The summed E-state index contributed by atoms with van der Waals surface area (Å²) in [4.78, 5) is 15.6. The normalized spacial score (nSPS) is 12.6. The molecular formula is C16H19NOS. The smallest absolute Gasteiger partial charge is 0.164 e. The lowest BCUT2D eigenvalue weighted by Crippen LogP contribution is -2.24. The quantitative estimate of drug-likeness (QED) is 0.741. The molecule has 2 nitrogen and oxygen atoms in total. The number of carbonyl (C=O) groups excluding carboxylic acids is 1. The van der Waals surface area contributed by atoms with Crippen molar-refractivity contribution in [3.8, 4) is 0 Å². The molecule has 3 heteroatoms. The van der Waals surface area contributed by atoms with Crippen LogP contribution in [0, 0.1) is 0 Å². The summed E-state index contributed by atoms with van der Waals surface area (Å²) in [6, 6.07) is 14.1. The molecule has 0 bridgehead atoms. The van der Waals surface area contributed by atoms with Crippen molar-refractivity contribution in [3.63, 3.8) is 0 Å². The average Bonchev–Trinajstić information content (AvgIpc) is 2.98. The lowest BCUT2D eigenvalue weighted by Gasteiger charge is -2.23. The Hall–Kier alpha value is -1.45. The van der Waals surface area contributed by atoms with Gasteiger partial charge in [0.25, 0.3) is 0 Å². The van der Waals surface area contributed by atoms with Crippen LogP contribution in [-0.4, -0.2) is 24.3 Å². The van der Waals surface area contributed by atoms with Gasteiger partial charge in [0, 0.05) is 29.4 Å². The summed E-state index contributed by atoms with van der Waals surface area (Å²) in [5.74, 6) is 0.214. The van der Waals surface area contributed by atoms with E-state index in [1.807, 2.05) is 30.3 Å². The number of ketones is 1. The second kappa shape index (κ2) is 6.64. The van der Waals surface area contributed by atoms with Gasteiger partial charge in [0.05, 0.1) is 0 Å².